The largest absolute Gasteiger partial charge is 0.492 e. The molecule has 0 aromatic heterocycles. The molecule has 3 nitrogen and oxygen atoms in total. The topological polar surface area (TPSA) is 63.3 Å². The van der Waals surface area contributed by atoms with Gasteiger partial charge in [0.2, 0.25) is 0 Å². The van der Waals surface area contributed by atoms with Crippen LogP contribution >= 0.6 is 0 Å². The van der Waals surface area contributed by atoms with E-state index in [4.69, 9.17) is 15.6 Å². The number of nitrogens with two attached hydrogens (primary N) is 1. The number of rotatable bonds is 0. The Hall–Kier alpha value is -0.640. The van der Waals surface area contributed by atoms with Gasteiger partial charge in [-0.2, -0.15) is 0 Å². The van der Waals surface area contributed by atoms with Crippen molar-refractivity contribution in [2.45, 2.75) is 6.92 Å². The van der Waals surface area contributed by atoms with Crippen LogP contribution in [0, 0.1) is 0 Å². The van der Waals surface area contributed by atoms with Crippen LogP contribution in [0.5, 0.6) is 0 Å². The molecule has 0 unspecified atom stereocenters. The molecule has 0 rings (SSSR count). The van der Waals surface area contributed by atoms with Gasteiger partial charge in [0.05, 0.1) is 0 Å². The first-order valence-electron chi connectivity index (χ1n) is 1.73. The molecule has 4 heteroatoms. The van der Waals surface area contributed by atoms with Crippen molar-refractivity contribution in [3.63, 3.8) is 0 Å². The van der Waals surface area contributed by atoms with E-state index in [2.05, 4.69) is 0 Å². The molecule has 0 spiro atoms. The van der Waals surface area contributed by atoms with Crippen molar-refractivity contribution in [1.29, 1.82) is 0 Å². The average molecular weight is 109 g/mol. The van der Waals surface area contributed by atoms with Gasteiger partial charge >= 0.3 is 6.22 Å². The third kappa shape index (κ3) is 148. The average Bonchev–Trinajstić information content (AvgIpc) is 1.33. The summed E-state index contributed by atoms with van der Waals surface area (Å²) >= 11 is 0. The minimum atomic E-state index is -2.33. The maximum Gasteiger partial charge on any atom is 0.492 e. The first-order chi connectivity index (χ1) is 3.15. The fraction of sp³-hybridized carbons (Fsp3) is 0.667. The van der Waals surface area contributed by atoms with Gasteiger partial charge in [0.1, 0.15) is 0 Å². The van der Waals surface area contributed by atoms with Gasteiger partial charge in [0.15, 0.2) is 0 Å². The van der Waals surface area contributed by atoms with E-state index >= 15 is 0 Å². The molecule has 0 radical (unpaired) electrons. The van der Waals surface area contributed by atoms with Crippen LogP contribution in [0.2, 0.25) is 0 Å². The summed E-state index contributed by atoms with van der Waals surface area (Å²) in [5.74, 6) is 0. The van der Waals surface area contributed by atoms with Gasteiger partial charge < -0.3 is 10.8 Å². The lowest BCUT2D eigenvalue weighted by atomic mass is 10.8. The van der Waals surface area contributed by atoms with Crippen molar-refractivity contribution in [3.8, 4) is 0 Å². The molecule has 0 saturated carbocycles. The van der Waals surface area contributed by atoms with Crippen LogP contribution < -0.4 is 5.73 Å². The fourth-order valence-corrected chi connectivity index (χ4v) is 0. The minimum absolute atomic E-state index is 0.750. The summed E-state index contributed by atoms with van der Waals surface area (Å²) in [6.07, 6.45) is -2.33. The van der Waals surface area contributed by atoms with Crippen LogP contribution in [-0.2, 0) is 0 Å². The van der Waals surface area contributed by atoms with Crippen LogP contribution in [-0.4, -0.2) is 17.9 Å². The maximum atomic E-state index is 9.92. The molecule has 0 atom stereocenters. The Bertz CT molecular complexity index is 44.2. The van der Waals surface area contributed by atoms with Gasteiger partial charge in [0.25, 0.3) is 0 Å². The second-order valence-electron chi connectivity index (χ2n) is 0.661. The van der Waals surface area contributed by atoms with Gasteiger partial charge in [-0.25, -0.2) is 4.79 Å². The van der Waals surface area contributed by atoms with Gasteiger partial charge in [-0.3, -0.25) is 0 Å². The van der Waals surface area contributed by atoms with Crippen LogP contribution in [0.15, 0.2) is 0 Å². The van der Waals surface area contributed by atoms with Crippen molar-refractivity contribution in [2.24, 2.45) is 5.73 Å². The molecule has 3 N–H and O–H groups in total. The third-order valence-electron chi connectivity index (χ3n) is 0. The Kier molecular flexibility index (Phi) is 12.4. The Morgan fingerprint density at radius 2 is 2.00 bits per heavy atom. The number of carbonyl (C=O) groups is 1. The predicted molar refractivity (Wildman–Crippen MR) is 23.9 cm³/mol. The van der Waals surface area contributed by atoms with Gasteiger partial charge in [-0.15, -0.1) is 4.39 Å². The Morgan fingerprint density at radius 3 is 2.00 bits per heavy atom. The minimum Gasteiger partial charge on any atom is -0.456 e. The SMILES string of the molecule is CCN.O=C(O)F. The van der Waals surface area contributed by atoms with E-state index in [1.807, 2.05) is 6.92 Å². The van der Waals surface area contributed by atoms with Gasteiger partial charge in [0, 0.05) is 0 Å². The highest BCUT2D eigenvalue weighted by atomic mass is 19.1. The zero-order valence-electron chi connectivity index (χ0n) is 4.02. The number of halogens is 1. The molecule has 0 bridgehead atoms. The highest BCUT2D eigenvalue weighted by Crippen LogP contribution is 1.58. The van der Waals surface area contributed by atoms with Crippen molar-refractivity contribution >= 4 is 6.22 Å². The normalized spacial score (nSPS) is 6.14. The zero-order valence-corrected chi connectivity index (χ0v) is 4.02. The molecule has 7 heavy (non-hydrogen) atoms. The molecular formula is C3H8FNO2. The molecule has 0 saturated heterocycles. The van der Waals surface area contributed by atoms with Crippen molar-refractivity contribution in [2.75, 3.05) is 6.54 Å². The van der Waals surface area contributed by atoms with E-state index in [9.17, 15) is 4.39 Å². The van der Waals surface area contributed by atoms with Crippen molar-refractivity contribution < 1.29 is 14.3 Å². The first-order valence-corrected chi connectivity index (χ1v) is 1.73. The Morgan fingerprint density at radius 1 is 2.00 bits per heavy atom. The predicted octanol–water partition coefficient (Wildman–Crippen LogP) is 0.599. The summed E-state index contributed by atoms with van der Waals surface area (Å²) in [4.78, 5) is 8.33. The Labute approximate surface area is 40.9 Å². The van der Waals surface area contributed by atoms with Crippen LogP contribution in [0.25, 0.3) is 0 Å². The first kappa shape index (κ1) is 9.61. The molecule has 0 aliphatic heterocycles. The highest BCUT2D eigenvalue weighted by molar-refractivity contribution is 5.54. The Balaban J connectivity index is 0. The van der Waals surface area contributed by atoms with Crippen LogP contribution in [0.4, 0.5) is 9.18 Å². The number of carboxylic acid groups (broad SMARTS) is 1. The monoisotopic (exact) mass is 109 g/mol. The van der Waals surface area contributed by atoms with E-state index in [1.54, 1.807) is 0 Å². The molecule has 0 aliphatic carbocycles. The summed E-state index contributed by atoms with van der Waals surface area (Å²) in [5.41, 5.74) is 4.85. The van der Waals surface area contributed by atoms with Crippen LogP contribution in [0.3, 0.4) is 0 Å². The van der Waals surface area contributed by atoms with Crippen molar-refractivity contribution in [3.05, 3.63) is 0 Å². The number of hydrogen-bond acceptors (Lipinski definition) is 2. The quantitative estimate of drug-likeness (QED) is 0.447. The second kappa shape index (κ2) is 9.03. The van der Waals surface area contributed by atoms with E-state index in [-0.39, 0.29) is 0 Å². The van der Waals surface area contributed by atoms with Crippen LogP contribution in [0.1, 0.15) is 6.92 Å². The molecule has 0 aromatic rings. The smallest absolute Gasteiger partial charge is 0.456 e. The van der Waals surface area contributed by atoms with Crippen molar-refractivity contribution in [1.82, 2.24) is 0 Å². The van der Waals surface area contributed by atoms with Gasteiger partial charge in [-0.05, 0) is 6.54 Å². The summed E-state index contributed by atoms with van der Waals surface area (Å²) in [6, 6.07) is 0. The van der Waals surface area contributed by atoms with E-state index in [0.29, 0.717) is 0 Å². The lowest BCUT2D eigenvalue weighted by Gasteiger charge is -1.53. The molecule has 44 valence electrons. The van der Waals surface area contributed by atoms with E-state index in [0.717, 1.165) is 6.54 Å². The maximum absolute atomic E-state index is 9.92. The van der Waals surface area contributed by atoms with E-state index < -0.39 is 6.22 Å². The molecule has 0 aliphatic rings. The molecular weight excluding hydrogens is 101 g/mol. The van der Waals surface area contributed by atoms with Gasteiger partial charge in [-0.1, -0.05) is 6.92 Å². The third-order valence-corrected chi connectivity index (χ3v) is 0. The second-order valence-corrected chi connectivity index (χ2v) is 0.661. The standard InChI is InChI=1S/C2H7N.CHFO2/c1-2-3;2-1(3)4/h2-3H2,1H3;(H,3,4). The summed E-state index contributed by atoms with van der Waals surface area (Å²) < 4.78 is 9.92. The summed E-state index contributed by atoms with van der Waals surface area (Å²) in [5, 5.41) is 6.75. The molecule has 0 amide bonds. The summed E-state index contributed by atoms with van der Waals surface area (Å²) in [7, 11) is 0. The molecule has 0 aromatic carbocycles. The molecule has 0 heterocycles. The van der Waals surface area contributed by atoms with E-state index in [1.165, 1.54) is 0 Å². The lowest BCUT2D eigenvalue weighted by Crippen LogP contribution is -1.87. The summed E-state index contributed by atoms with van der Waals surface area (Å²) in [6.45, 7) is 2.65. The highest BCUT2D eigenvalue weighted by Gasteiger charge is 1.74. The number of hydrogen-bond donors (Lipinski definition) is 2. The lowest BCUT2D eigenvalue weighted by molar-refractivity contribution is 0.169. The zero-order chi connectivity index (χ0) is 6.28. The molecule has 0 fully saturated rings. The fourth-order valence-electron chi connectivity index (χ4n) is 0.